The summed E-state index contributed by atoms with van der Waals surface area (Å²) in [4.78, 5) is 0. The SMILES string of the molecule is Cc1ccc(OCC(O)CN)c(C)c1Cl. The minimum Gasteiger partial charge on any atom is -0.491 e. The van der Waals surface area contributed by atoms with Crippen molar-refractivity contribution < 1.29 is 9.84 Å². The van der Waals surface area contributed by atoms with Gasteiger partial charge in [0.05, 0.1) is 5.02 Å². The van der Waals surface area contributed by atoms with Gasteiger partial charge in [-0.1, -0.05) is 17.7 Å². The molecule has 15 heavy (non-hydrogen) atoms. The predicted octanol–water partition coefficient (Wildman–Crippen LogP) is 1.66. The van der Waals surface area contributed by atoms with Crippen LogP contribution in [0.1, 0.15) is 11.1 Å². The molecule has 3 N–H and O–H groups in total. The van der Waals surface area contributed by atoms with E-state index in [9.17, 15) is 5.11 Å². The van der Waals surface area contributed by atoms with Crippen molar-refractivity contribution in [2.45, 2.75) is 20.0 Å². The smallest absolute Gasteiger partial charge is 0.123 e. The van der Waals surface area contributed by atoms with E-state index in [0.29, 0.717) is 10.8 Å². The molecule has 84 valence electrons. The fraction of sp³-hybridized carbons (Fsp3) is 0.455. The summed E-state index contributed by atoms with van der Waals surface area (Å²) in [6.45, 7) is 4.21. The molecule has 0 aliphatic heterocycles. The lowest BCUT2D eigenvalue weighted by molar-refractivity contribution is 0.114. The van der Waals surface area contributed by atoms with E-state index in [4.69, 9.17) is 22.1 Å². The number of halogens is 1. The lowest BCUT2D eigenvalue weighted by Gasteiger charge is -2.13. The monoisotopic (exact) mass is 229 g/mol. The first-order chi connectivity index (χ1) is 7.06. The van der Waals surface area contributed by atoms with Crippen molar-refractivity contribution in [2.75, 3.05) is 13.2 Å². The lowest BCUT2D eigenvalue weighted by atomic mass is 10.1. The average Bonchev–Trinajstić information content (AvgIpc) is 2.24. The Morgan fingerprint density at radius 2 is 2.13 bits per heavy atom. The van der Waals surface area contributed by atoms with Crippen molar-refractivity contribution in [1.29, 1.82) is 0 Å². The van der Waals surface area contributed by atoms with Gasteiger partial charge in [0.2, 0.25) is 0 Å². The first kappa shape index (κ1) is 12.3. The maximum Gasteiger partial charge on any atom is 0.123 e. The third-order valence-corrected chi connectivity index (χ3v) is 2.81. The summed E-state index contributed by atoms with van der Waals surface area (Å²) >= 11 is 6.06. The van der Waals surface area contributed by atoms with Gasteiger partial charge >= 0.3 is 0 Å². The Bertz CT molecular complexity index is 342. The van der Waals surface area contributed by atoms with Crippen LogP contribution in [0.4, 0.5) is 0 Å². The van der Waals surface area contributed by atoms with Crippen LogP contribution >= 0.6 is 11.6 Å². The average molecular weight is 230 g/mol. The zero-order valence-electron chi connectivity index (χ0n) is 8.96. The number of rotatable bonds is 4. The van der Waals surface area contributed by atoms with Gasteiger partial charge in [0.15, 0.2) is 0 Å². The van der Waals surface area contributed by atoms with E-state index in [0.717, 1.165) is 11.1 Å². The van der Waals surface area contributed by atoms with Crippen LogP contribution < -0.4 is 10.5 Å². The summed E-state index contributed by atoms with van der Waals surface area (Å²) < 4.78 is 5.41. The number of aryl methyl sites for hydroxylation is 1. The maximum atomic E-state index is 9.25. The van der Waals surface area contributed by atoms with Gasteiger partial charge in [0, 0.05) is 12.1 Å². The Morgan fingerprint density at radius 3 is 2.73 bits per heavy atom. The van der Waals surface area contributed by atoms with E-state index in [1.807, 2.05) is 26.0 Å². The van der Waals surface area contributed by atoms with Gasteiger partial charge in [-0.15, -0.1) is 0 Å². The second-order valence-corrected chi connectivity index (χ2v) is 3.90. The van der Waals surface area contributed by atoms with Crippen LogP contribution in [0.25, 0.3) is 0 Å². The molecular weight excluding hydrogens is 214 g/mol. The summed E-state index contributed by atoms with van der Waals surface area (Å²) in [7, 11) is 0. The molecule has 0 aliphatic rings. The Morgan fingerprint density at radius 1 is 1.47 bits per heavy atom. The number of ether oxygens (including phenoxy) is 1. The molecule has 0 radical (unpaired) electrons. The van der Waals surface area contributed by atoms with Crippen LogP contribution in [0.15, 0.2) is 12.1 Å². The third kappa shape index (κ3) is 3.09. The minimum atomic E-state index is -0.635. The van der Waals surface area contributed by atoms with Crippen molar-refractivity contribution in [2.24, 2.45) is 5.73 Å². The van der Waals surface area contributed by atoms with Crippen molar-refractivity contribution in [3.05, 3.63) is 28.3 Å². The predicted molar refractivity (Wildman–Crippen MR) is 61.5 cm³/mol. The molecule has 0 saturated heterocycles. The van der Waals surface area contributed by atoms with E-state index < -0.39 is 6.10 Å². The molecule has 0 aromatic heterocycles. The van der Waals surface area contributed by atoms with Gasteiger partial charge in [-0.3, -0.25) is 0 Å². The van der Waals surface area contributed by atoms with E-state index in [1.54, 1.807) is 0 Å². The van der Waals surface area contributed by atoms with Crippen LogP contribution in [0.2, 0.25) is 5.02 Å². The Balaban J connectivity index is 2.74. The van der Waals surface area contributed by atoms with Crippen LogP contribution in [-0.4, -0.2) is 24.4 Å². The summed E-state index contributed by atoms with van der Waals surface area (Å²) in [5.41, 5.74) is 7.18. The van der Waals surface area contributed by atoms with Crippen molar-refractivity contribution >= 4 is 11.6 Å². The van der Waals surface area contributed by atoms with Crippen LogP contribution in [0, 0.1) is 13.8 Å². The van der Waals surface area contributed by atoms with Gasteiger partial charge in [0.25, 0.3) is 0 Å². The third-order valence-electron chi connectivity index (χ3n) is 2.23. The van der Waals surface area contributed by atoms with Gasteiger partial charge in [0.1, 0.15) is 18.5 Å². The van der Waals surface area contributed by atoms with Crippen molar-refractivity contribution in [3.8, 4) is 5.75 Å². The fourth-order valence-corrected chi connectivity index (χ4v) is 1.37. The largest absolute Gasteiger partial charge is 0.491 e. The number of hydrogen-bond donors (Lipinski definition) is 2. The molecule has 0 aliphatic carbocycles. The molecular formula is C11H16ClNO2. The van der Waals surface area contributed by atoms with Gasteiger partial charge in [-0.2, -0.15) is 0 Å². The molecule has 0 fully saturated rings. The molecule has 0 spiro atoms. The molecule has 0 heterocycles. The van der Waals surface area contributed by atoms with Gasteiger partial charge in [-0.25, -0.2) is 0 Å². The van der Waals surface area contributed by atoms with E-state index in [-0.39, 0.29) is 13.2 Å². The Kier molecular flexibility index (Phi) is 4.39. The molecule has 0 saturated carbocycles. The number of nitrogens with two attached hydrogens (primary N) is 1. The highest BCUT2D eigenvalue weighted by atomic mass is 35.5. The standard InChI is InChI=1S/C11H16ClNO2/c1-7-3-4-10(8(2)11(7)12)15-6-9(14)5-13/h3-4,9,14H,5-6,13H2,1-2H3. The Labute approximate surface area is 94.8 Å². The molecule has 1 rings (SSSR count). The van der Waals surface area contributed by atoms with Gasteiger partial charge in [-0.05, 0) is 25.5 Å². The number of hydrogen-bond acceptors (Lipinski definition) is 3. The second-order valence-electron chi connectivity index (χ2n) is 3.52. The number of benzene rings is 1. The minimum absolute atomic E-state index is 0.191. The maximum absolute atomic E-state index is 9.25. The zero-order chi connectivity index (χ0) is 11.4. The highest BCUT2D eigenvalue weighted by molar-refractivity contribution is 6.32. The first-order valence-electron chi connectivity index (χ1n) is 4.83. The van der Waals surface area contributed by atoms with Crippen LogP contribution in [0.5, 0.6) is 5.75 Å². The van der Waals surface area contributed by atoms with E-state index in [2.05, 4.69) is 0 Å². The molecule has 1 atom stereocenters. The summed E-state index contributed by atoms with van der Waals surface area (Å²) in [5, 5.41) is 9.95. The lowest BCUT2D eigenvalue weighted by Crippen LogP contribution is -2.26. The molecule has 4 heteroatoms. The van der Waals surface area contributed by atoms with E-state index in [1.165, 1.54) is 0 Å². The second kappa shape index (κ2) is 5.35. The first-order valence-corrected chi connectivity index (χ1v) is 5.20. The molecule has 3 nitrogen and oxygen atoms in total. The molecule has 1 unspecified atom stereocenters. The van der Waals surface area contributed by atoms with Crippen molar-refractivity contribution in [3.63, 3.8) is 0 Å². The fourth-order valence-electron chi connectivity index (χ4n) is 1.21. The number of aliphatic hydroxyl groups is 1. The highest BCUT2D eigenvalue weighted by Gasteiger charge is 2.08. The topological polar surface area (TPSA) is 55.5 Å². The zero-order valence-corrected chi connectivity index (χ0v) is 9.71. The quantitative estimate of drug-likeness (QED) is 0.826. The molecule has 0 bridgehead atoms. The van der Waals surface area contributed by atoms with E-state index >= 15 is 0 Å². The summed E-state index contributed by atoms with van der Waals surface area (Å²) in [5.74, 6) is 0.693. The van der Waals surface area contributed by atoms with Crippen LogP contribution in [0.3, 0.4) is 0 Å². The molecule has 1 aromatic carbocycles. The summed E-state index contributed by atoms with van der Waals surface area (Å²) in [6, 6.07) is 3.74. The normalized spacial score (nSPS) is 12.6. The van der Waals surface area contributed by atoms with Crippen LogP contribution in [-0.2, 0) is 0 Å². The molecule has 0 amide bonds. The van der Waals surface area contributed by atoms with Gasteiger partial charge < -0.3 is 15.6 Å². The number of aliphatic hydroxyl groups excluding tert-OH is 1. The Hall–Kier alpha value is -0.770. The molecule has 1 aromatic rings. The van der Waals surface area contributed by atoms with Crippen molar-refractivity contribution in [1.82, 2.24) is 0 Å². The highest BCUT2D eigenvalue weighted by Crippen LogP contribution is 2.28. The summed E-state index contributed by atoms with van der Waals surface area (Å²) in [6.07, 6.45) is -0.635.